The standard InChI is InChI=1S/C10H20N4O3/c1-12-9(15)7-4-3-5-14(7)8(6-17-2)10(16)13-11/h7-8H,3-6,11H2,1-2H3,(H,12,15)(H,13,16). The zero-order valence-electron chi connectivity index (χ0n) is 10.2. The van der Waals surface area contributed by atoms with Gasteiger partial charge in [-0.15, -0.1) is 0 Å². The van der Waals surface area contributed by atoms with Crippen molar-refractivity contribution in [2.75, 3.05) is 27.3 Å². The monoisotopic (exact) mass is 244 g/mol. The number of carbonyl (C=O) groups excluding carboxylic acids is 2. The Morgan fingerprint density at radius 2 is 2.29 bits per heavy atom. The lowest BCUT2D eigenvalue weighted by molar-refractivity contribution is -0.132. The van der Waals surface area contributed by atoms with Crippen LogP contribution in [0.1, 0.15) is 12.8 Å². The summed E-state index contributed by atoms with van der Waals surface area (Å²) in [6.45, 7) is 0.913. The molecular formula is C10H20N4O3. The molecule has 2 unspecified atom stereocenters. The van der Waals surface area contributed by atoms with E-state index in [-0.39, 0.29) is 24.5 Å². The molecule has 98 valence electrons. The van der Waals surface area contributed by atoms with Gasteiger partial charge in [-0.25, -0.2) is 5.84 Å². The third kappa shape index (κ3) is 3.15. The summed E-state index contributed by atoms with van der Waals surface area (Å²) in [5.74, 6) is 4.74. The van der Waals surface area contributed by atoms with Crippen molar-refractivity contribution in [3.8, 4) is 0 Å². The lowest BCUT2D eigenvalue weighted by Crippen LogP contribution is -2.55. The highest BCUT2D eigenvalue weighted by Gasteiger charge is 2.37. The number of hydrogen-bond acceptors (Lipinski definition) is 5. The van der Waals surface area contributed by atoms with E-state index in [0.29, 0.717) is 6.54 Å². The van der Waals surface area contributed by atoms with Crippen molar-refractivity contribution >= 4 is 11.8 Å². The quantitative estimate of drug-likeness (QED) is 0.301. The summed E-state index contributed by atoms with van der Waals surface area (Å²) in [5, 5.41) is 2.61. The van der Waals surface area contributed by atoms with Gasteiger partial charge in [0.2, 0.25) is 5.91 Å². The zero-order chi connectivity index (χ0) is 12.8. The van der Waals surface area contributed by atoms with Gasteiger partial charge >= 0.3 is 0 Å². The van der Waals surface area contributed by atoms with E-state index in [1.807, 2.05) is 4.90 Å². The van der Waals surface area contributed by atoms with Gasteiger partial charge < -0.3 is 10.1 Å². The van der Waals surface area contributed by atoms with E-state index in [1.54, 1.807) is 7.05 Å². The number of nitrogens with zero attached hydrogens (tertiary/aromatic N) is 1. The Bertz CT molecular complexity index is 285. The normalized spacial score (nSPS) is 22.2. The Hall–Kier alpha value is -1.18. The molecule has 1 aliphatic rings. The number of hydrazine groups is 1. The molecule has 0 aromatic rings. The molecule has 4 N–H and O–H groups in total. The Morgan fingerprint density at radius 3 is 2.82 bits per heavy atom. The van der Waals surface area contributed by atoms with Crippen LogP contribution in [0.5, 0.6) is 0 Å². The van der Waals surface area contributed by atoms with Gasteiger partial charge in [0.25, 0.3) is 5.91 Å². The first-order chi connectivity index (χ1) is 8.15. The summed E-state index contributed by atoms with van der Waals surface area (Å²) in [5.41, 5.74) is 2.11. The average Bonchev–Trinajstić information content (AvgIpc) is 2.82. The smallest absolute Gasteiger partial charge is 0.253 e. The maximum atomic E-state index is 11.7. The van der Waals surface area contributed by atoms with Crippen LogP contribution in [0, 0.1) is 0 Å². The van der Waals surface area contributed by atoms with Crippen LogP contribution in [0.2, 0.25) is 0 Å². The van der Waals surface area contributed by atoms with Crippen molar-refractivity contribution in [1.82, 2.24) is 15.6 Å². The highest BCUT2D eigenvalue weighted by Crippen LogP contribution is 2.20. The highest BCUT2D eigenvalue weighted by molar-refractivity contribution is 5.85. The molecule has 0 aromatic carbocycles. The van der Waals surface area contributed by atoms with E-state index in [9.17, 15) is 9.59 Å². The fourth-order valence-corrected chi connectivity index (χ4v) is 2.19. The van der Waals surface area contributed by atoms with Gasteiger partial charge in [0.1, 0.15) is 6.04 Å². The van der Waals surface area contributed by atoms with Crippen molar-refractivity contribution in [2.45, 2.75) is 24.9 Å². The fourth-order valence-electron chi connectivity index (χ4n) is 2.19. The summed E-state index contributed by atoms with van der Waals surface area (Å²) >= 11 is 0. The molecule has 0 bridgehead atoms. The number of rotatable bonds is 5. The topological polar surface area (TPSA) is 96.7 Å². The molecule has 2 atom stereocenters. The Kier molecular flexibility index (Phi) is 5.33. The molecule has 1 aliphatic heterocycles. The second kappa shape index (κ2) is 6.53. The minimum atomic E-state index is -0.519. The minimum Gasteiger partial charge on any atom is -0.383 e. The fraction of sp³-hybridized carbons (Fsp3) is 0.800. The summed E-state index contributed by atoms with van der Waals surface area (Å²) in [4.78, 5) is 25.2. The third-order valence-electron chi connectivity index (χ3n) is 3.01. The number of ether oxygens (including phenoxy) is 1. The number of likely N-dealkylation sites (N-methyl/N-ethyl adjacent to an activating group) is 1. The Morgan fingerprint density at radius 1 is 1.59 bits per heavy atom. The molecule has 0 radical (unpaired) electrons. The molecule has 1 saturated heterocycles. The maximum Gasteiger partial charge on any atom is 0.253 e. The molecule has 7 nitrogen and oxygen atoms in total. The summed E-state index contributed by atoms with van der Waals surface area (Å²) in [7, 11) is 3.11. The molecule has 17 heavy (non-hydrogen) atoms. The van der Waals surface area contributed by atoms with Crippen LogP contribution in [0.25, 0.3) is 0 Å². The Labute approximate surface area is 101 Å². The average molecular weight is 244 g/mol. The highest BCUT2D eigenvalue weighted by atomic mass is 16.5. The lowest BCUT2D eigenvalue weighted by Gasteiger charge is -2.30. The predicted octanol–water partition coefficient (Wildman–Crippen LogP) is -1.80. The lowest BCUT2D eigenvalue weighted by atomic mass is 10.1. The number of amides is 2. The SMILES string of the molecule is CNC(=O)C1CCCN1C(COC)C(=O)NN. The molecule has 0 spiro atoms. The van der Waals surface area contributed by atoms with Gasteiger partial charge in [-0.1, -0.05) is 0 Å². The number of nitrogens with two attached hydrogens (primary N) is 1. The molecule has 7 heteroatoms. The van der Waals surface area contributed by atoms with Crippen LogP contribution in [0.4, 0.5) is 0 Å². The number of methoxy groups -OCH3 is 1. The molecule has 1 heterocycles. The molecule has 2 amide bonds. The second-order valence-electron chi connectivity index (χ2n) is 3.99. The van der Waals surface area contributed by atoms with Crippen molar-refractivity contribution < 1.29 is 14.3 Å². The third-order valence-corrected chi connectivity index (χ3v) is 3.01. The number of likely N-dealkylation sites (tertiary alicyclic amines) is 1. The molecule has 0 aromatic heterocycles. The largest absolute Gasteiger partial charge is 0.383 e. The first kappa shape index (κ1) is 13.9. The molecule has 0 aliphatic carbocycles. The van der Waals surface area contributed by atoms with Crippen molar-refractivity contribution in [3.63, 3.8) is 0 Å². The van der Waals surface area contributed by atoms with Crippen molar-refractivity contribution in [3.05, 3.63) is 0 Å². The first-order valence-electron chi connectivity index (χ1n) is 5.62. The van der Waals surface area contributed by atoms with Crippen LogP contribution in [-0.4, -0.2) is 56.1 Å². The summed E-state index contributed by atoms with van der Waals surface area (Å²) < 4.78 is 5.01. The van der Waals surface area contributed by atoms with Gasteiger partial charge in [0.15, 0.2) is 0 Å². The maximum absolute atomic E-state index is 11.7. The van der Waals surface area contributed by atoms with E-state index in [4.69, 9.17) is 10.6 Å². The van der Waals surface area contributed by atoms with Crippen LogP contribution in [-0.2, 0) is 14.3 Å². The van der Waals surface area contributed by atoms with Crippen LogP contribution >= 0.6 is 0 Å². The van der Waals surface area contributed by atoms with Gasteiger partial charge in [-0.3, -0.25) is 19.9 Å². The van der Waals surface area contributed by atoms with Gasteiger partial charge in [-0.05, 0) is 19.4 Å². The zero-order valence-corrected chi connectivity index (χ0v) is 10.2. The van der Waals surface area contributed by atoms with Crippen LogP contribution in [0.3, 0.4) is 0 Å². The van der Waals surface area contributed by atoms with E-state index >= 15 is 0 Å². The van der Waals surface area contributed by atoms with Crippen LogP contribution < -0.4 is 16.6 Å². The van der Waals surface area contributed by atoms with Crippen LogP contribution in [0.15, 0.2) is 0 Å². The van der Waals surface area contributed by atoms with E-state index in [2.05, 4.69) is 10.7 Å². The van der Waals surface area contributed by atoms with E-state index in [1.165, 1.54) is 7.11 Å². The minimum absolute atomic E-state index is 0.0755. The number of nitrogens with one attached hydrogen (secondary N) is 2. The second-order valence-corrected chi connectivity index (χ2v) is 3.99. The van der Waals surface area contributed by atoms with E-state index in [0.717, 1.165) is 12.8 Å². The first-order valence-corrected chi connectivity index (χ1v) is 5.62. The van der Waals surface area contributed by atoms with Crippen molar-refractivity contribution in [2.24, 2.45) is 5.84 Å². The number of hydrogen-bond donors (Lipinski definition) is 3. The molecular weight excluding hydrogens is 224 g/mol. The summed E-state index contributed by atoms with van der Waals surface area (Å²) in [6.07, 6.45) is 1.63. The van der Waals surface area contributed by atoms with E-state index < -0.39 is 6.04 Å². The molecule has 1 rings (SSSR count). The van der Waals surface area contributed by atoms with Crippen molar-refractivity contribution in [1.29, 1.82) is 0 Å². The summed E-state index contributed by atoms with van der Waals surface area (Å²) in [6, 6.07) is -0.799. The molecule has 1 fully saturated rings. The van der Waals surface area contributed by atoms with Gasteiger partial charge in [-0.2, -0.15) is 0 Å². The van der Waals surface area contributed by atoms with Gasteiger partial charge in [0, 0.05) is 14.2 Å². The molecule has 0 saturated carbocycles. The number of carbonyl (C=O) groups is 2. The predicted molar refractivity (Wildman–Crippen MR) is 61.8 cm³/mol. The van der Waals surface area contributed by atoms with Gasteiger partial charge in [0.05, 0.1) is 12.6 Å². The Balaban J connectivity index is 2.78.